The molecule has 2 N–H and O–H groups in total. The van der Waals surface area contributed by atoms with Gasteiger partial charge in [0.1, 0.15) is 24.2 Å². The number of hydrogen-bond acceptors (Lipinski definition) is 5. The van der Waals surface area contributed by atoms with Crippen molar-refractivity contribution in [3.8, 4) is 11.5 Å². The molecule has 2 aliphatic heterocycles. The number of nitrogens with one attached hydrogen (secondary N) is 2. The van der Waals surface area contributed by atoms with Crippen LogP contribution in [0.2, 0.25) is 0 Å². The number of para-hydroxylation sites is 1. The number of nitrogens with zero attached hydrogens (tertiary/aromatic N) is 2. The molecule has 2 heterocycles. The topological polar surface area (TPSA) is 67.4 Å². The van der Waals surface area contributed by atoms with Crippen LogP contribution in [0.4, 0.5) is 0 Å². The molecule has 1 fully saturated rings. The van der Waals surface area contributed by atoms with Crippen LogP contribution >= 0.6 is 0 Å². The van der Waals surface area contributed by atoms with Crippen LogP contribution in [0, 0.1) is 0 Å². The van der Waals surface area contributed by atoms with Gasteiger partial charge in [0.2, 0.25) is 0 Å². The van der Waals surface area contributed by atoms with Gasteiger partial charge >= 0.3 is 0 Å². The van der Waals surface area contributed by atoms with Gasteiger partial charge < -0.3 is 24.8 Å². The lowest BCUT2D eigenvalue weighted by atomic mass is 10.1. The molecule has 31 heavy (non-hydrogen) atoms. The smallest absolute Gasteiger partial charge is 0.191 e. The zero-order chi connectivity index (χ0) is 21.3. The molecule has 0 saturated carbocycles. The molecule has 2 aromatic rings. The van der Waals surface area contributed by atoms with Gasteiger partial charge in [0.05, 0.1) is 19.8 Å². The summed E-state index contributed by atoms with van der Waals surface area (Å²) in [5.74, 6) is 2.65. The van der Waals surface area contributed by atoms with Crippen molar-refractivity contribution in [3.63, 3.8) is 0 Å². The first-order valence-electron chi connectivity index (χ1n) is 11.0. The molecule has 0 bridgehead atoms. The normalized spacial score (nSPS) is 18.9. The van der Waals surface area contributed by atoms with Crippen LogP contribution < -0.4 is 20.1 Å². The van der Waals surface area contributed by atoms with Crippen molar-refractivity contribution in [3.05, 3.63) is 59.7 Å². The minimum absolute atomic E-state index is 0.124. The predicted molar refractivity (Wildman–Crippen MR) is 122 cm³/mol. The molecule has 1 unspecified atom stereocenters. The van der Waals surface area contributed by atoms with E-state index in [0.29, 0.717) is 19.7 Å². The summed E-state index contributed by atoms with van der Waals surface area (Å²) in [7, 11) is 1.78. The molecule has 1 atom stereocenters. The molecular weight excluding hydrogens is 392 g/mol. The maximum absolute atomic E-state index is 5.99. The number of aliphatic imine (C=N–C) groups is 1. The predicted octanol–water partition coefficient (Wildman–Crippen LogP) is 2.07. The zero-order valence-electron chi connectivity index (χ0n) is 18.2. The van der Waals surface area contributed by atoms with Crippen molar-refractivity contribution in [2.75, 3.05) is 53.0 Å². The van der Waals surface area contributed by atoms with Crippen molar-refractivity contribution in [1.29, 1.82) is 0 Å². The van der Waals surface area contributed by atoms with E-state index in [1.54, 1.807) is 7.05 Å². The number of hydrogen-bond donors (Lipinski definition) is 2. The molecule has 0 aromatic heterocycles. The Bertz CT molecular complexity index is 842. The molecular formula is C24H32N4O3. The largest absolute Gasteiger partial charge is 0.492 e. The second-order valence-corrected chi connectivity index (χ2v) is 7.81. The number of guanidine groups is 1. The van der Waals surface area contributed by atoms with E-state index in [0.717, 1.165) is 62.3 Å². The average molecular weight is 425 g/mol. The van der Waals surface area contributed by atoms with Crippen LogP contribution in [-0.2, 0) is 17.7 Å². The number of morpholine rings is 1. The Morgan fingerprint density at radius 1 is 1.13 bits per heavy atom. The van der Waals surface area contributed by atoms with Crippen molar-refractivity contribution in [1.82, 2.24) is 15.5 Å². The van der Waals surface area contributed by atoms with Gasteiger partial charge in [-0.2, -0.15) is 0 Å². The van der Waals surface area contributed by atoms with Gasteiger partial charge in [-0.05, 0) is 29.3 Å². The third-order valence-electron chi connectivity index (χ3n) is 5.57. The summed E-state index contributed by atoms with van der Waals surface area (Å²) >= 11 is 0. The zero-order valence-corrected chi connectivity index (χ0v) is 18.2. The quantitative estimate of drug-likeness (QED) is 0.500. The Labute approximate surface area is 184 Å². The maximum atomic E-state index is 5.99. The molecule has 0 radical (unpaired) electrons. The molecule has 2 aliphatic rings. The Morgan fingerprint density at radius 3 is 2.84 bits per heavy atom. The van der Waals surface area contributed by atoms with Crippen LogP contribution in [0.3, 0.4) is 0 Å². The molecule has 2 aromatic carbocycles. The van der Waals surface area contributed by atoms with E-state index in [-0.39, 0.29) is 6.10 Å². The van der Waals surface area contributed by atoms with E-state index in [1.807, 2.05) is 24.3 Å². The highest BCUT2D eigenvalue weighted by Gasteiger charge is 2.22. The first-order chi connectivity index (χ1) is 15.3. The standard InChI is InChI=1S/C24H32N4O3/c1-25-24(27-18-22-16-20-6-2-3-8-23(20)31-22)26-17-19-5-4-7-21(15-19)30-14-11-28-9-12-29-13-10-28/h2-8,15,22H,9-14,16-18H2,1H3,(H2,25,26,27). The van der Waals surface area contributed by atoms with E-state index in [2.05, 4.69) is 44.8 Å². The van der Waals surface area contributed by atoms with E-state index in [4.69, 9.17) is 14.2 Å². The first-order valence-corrected chi connectivity index (χ1v) is 11.0. The summed E-state index contributed by atoms with van der Waals surface area (Å²) in [5, 5.41) is 6.74. The Hall–Kier alpha value is -2.77. The van der Waals surface area contributed by atoms with Crippen LogP contribution in [0.15, 0.2) is 53.5 Å². The molecule has 7 nitrogen and oxygen atoms in total. The lowest BCUT2D eigenvalue weighted by Gasteiger charge is -2.26. The van der Waals surface area contributed by atoms with Gasteiger partial charge in [-0.3, -0.25) is 9.89 Å². The number of fused-ring (bicyclic) bond motifs is 1. The molecule has 0 amide bonds. The summed E-state index contributed by atoms with van der Waals surface area (Å²) in [5.41, 5.74) is 2.42. The summed E-state index contributed by atoms with van der Waals surface area (Å²) in [6.07, 6.45) is 1.04. The fourth-order valence-electron chi connectivity index (χ4n) is 3.85. The Morgan fingerprint density at radius 2 is 2.00 bits per heavy atom. The van der Waals surface area contributed by atoms with E-state index < -0.39 is 0 Å². The van der Waals surface area contributed by atoms with Crippen molar-refractivity contribution in [2.45, 2.75) is 19.1 Å². The lowest BCUT2D eigenvalue weighted by Crippen LogP contribution is -2.41. The van der Waals surface area contributed by atoms with Gasteiger partial charge in [-0.15, -0.1) is 0 Å². The lowest BCUT2D eigenvalue weighted by molar-refractivity contribution is 0.0322. The highest BCUT2D eigenvalue weighted by Crippen LogP contribution is 2.27. The fraction of sp³-hybridized carbons (Fsp3) is 0.458. The van der Waals surface area contributed by atoms with E-state index >= 15 is 0 Å². The molecule has 7 heteroatoms. The van der Waals surface area contributed by atoms with Gasteiger partial charge in [0.15, 0.2) is 5.96 Å². The maximum Gasteiger partial charge on any atom is 0.191 e. The SMILES string of the molecule is CN=C(NCc1cccc(OCCN2CCOCC2)c1)NCC1Cc2ccccc2O1. The molecule has 4 rings (SSSR count). The second kappa shape index (κ2) is 11.0. The third kappa shape index (κ3) is 6.35. The van der Waals surface area contributed by atoms with Gasteiger partial charge in [0.25, 0.3) is 0 Å². The molecule has 0 spiro atoms. The summed E-state index contributed by atoms with van der Waals surface area (Å²) in [6, 6.07) is 16.4. The first kappa shape index (κ1) is 21.5. The summed E-state index contributed by atoms with van der Waals surface area (Å²) in [6.45, 7) is 6.59. The van der Waals surface area contributed by atoms with Crippen molar-refractivity contribution < 1.29 is 14.2 Å². The summed E-state index contributed by atoms with van der Waals surface area (Å²) in [4.78, 5) is 6.70. The van der Waals surface area contributed by atoms with Crippen LogP contribution in [-0.4, -0.2) is 70.0 Å². The highest BCUT2D eigenvalue weighted by atomic mass is 16.5. The second-order valence-electron chi connectivity index (χ2n) is 7.81. The van der Waals surface area contributed by atoms with Gasteiger partial charge in [-0.1, -0.05) is 30.3 Å². The van der Waals surface area contributed by atoms with Crippen LogP contribution in [0.1, 0.15) is 11.1 Å². The third-order valence-corrected chi connectivity index (χ3v) is 5.57. The van der Waals surface area contributed by atoms with Crippen molar-refractivity contribution >= 4 is 5.96 Å². The Kier molecular flexibility index (Phi) is 7.63. The van der Waals surface area contributed by atoms with E-state index in [1.165, 1.54) is 5.56 Å². The number of rotatable bonds is 8. The van der Waals surface area contributed by atoms with Gasteiger partial charge in [0, 0.05) is 39.6 Å². The summed E-state index contributed by atoms with van der Waals surface area (Å²) < 4.78 is 17.3. The molecule has 0 aliphatic carbocycles. The highest BCUT2D eigenvalue weighted by molar-refractivity contribution is 5.79. The Balaban J connectivity index is 1.18. The minimum Gasteiger partial charge on any atom is -0.492 e. The number of benzene rings is 2. The monoisotopic (exact) mass is 424 g/mol. The molecule has 1 saturated heterocycles. The van der Waals surface area contributed by atoms with Crippen LogP contribution in [0.25, 0.3) is 0 Å². The van der Waals surface area contributed by atoms with Crippen LogP contribution in [0.5, 0.6) is 11.5 Å². The average Bonchev–Trinajstić information content (AvgIpc) is 3.23. The van der Waals surface area contributed by atoms with Crippen molar-refractivity contribution in [2.24, 2.45) is 4.99 Å². The van der Waals surface area contributed by atoms with Gasteiger partial charge in [-0.25, -0.2) is 0 Å². The minimum atomic E-state index is 0.124. The molecule has 166 valence electrons. The number of ether oxygens (including phenoxy) is 3. The fourth-order valence-corrected chi connectivity index (χ4v) is 3.85. The van der Waals surface area contributed by atoms with E-state index in [9.17, 15) is 0 Å².